The van der Waals surface area contributed by atoms with Gasteiger partial charge in [0.2, 0.25) is 0 Å². The minimum absolute atomic E-state index is 0.218. The third kappa shape index (κ3) is 1.56. The molecule has 0 aliphatic carbocycles. The predicted octanol–water partition coefficient (Wildman–Crippen LogP) is 2.51. The van der Waals surface area contributed by atoms with Crippen molar-refractivity contribution in [3.8, 4) is 0 Å². The molecule has 0 bridgehead atoms. The van der Waals surface area contributed by atoms with Gasteiger partial charge in [0, 0.05) is 18.2 Å². The smallest absolute Gasteiger partial charge is 0.146 e. The van der Waals surface area contributed by atoms with Crippen LogP contribution in [0.3, 0.4) is 0 Å². The summed E-state index contributed by atoms with van der Waals surface area (Å²) in [5.41, 5.74) is 1.80. The zero-order valence-electron chi connectivity index (χ0n) is 7.40. The highest BCUT2D eigenvalue weighted by atomic mass is 35.5. The third-order valence-corrected chi connectivity index (χ3v) is 2.74. The van der Waals surface area contributed by atoms with E-state index in [1.807, 2.05) is 6.07 Å². The Kier molecular flexibility index (Phi) is 2.26. The molecule has 1 atom stereocenters. The summed E-state index contributed by atoms with van der Waals surface area (Å²) >= 11 is 5.68. The molecule has 2 rings (SSSR count). The molecular formula is C10H11ClFN. The fraction of sp³-hybridized carbons (Fsp3) is 0.400. The Morgan fingerprint density at radius 1 is 1.54 bits per heavy atom. The van der Waals surface area contributed by atoms with Crippen molar-refractivity contribution >= 4 is 11.6 Å². The van der Waals surface area contributed by atoms with Crippen molar-refractivity contribution in [2.24, 2.45) is 0 Å². The molecule has 0 saturated heterocycles. The van der Waals surface area contributed by atoms with Crippen LogP contribution in [-0.4, -0.2) is 6.04 Å². The summed E-state index contributed by atoms with van der Waals surface area (Å²) < 4.78 is 13.4. The topological polar surface area (TPSA) is 12.0 Å². The number of halogens is 2. The van der Waals surface area contributed by atoms with E-state index in [2.05, 4.69) is 12.2 Å². The van der Waals surface area contributed by atoms with E-state index < -0.39 is 0 Å². The minimum Gasteiger partial charge on any atom is -0.310 e. The zero-order valence-corrected chi connectivity index (χ0v) is 8.16. The standard InChI is InChI=1S/C10H11ClFN/c1-6-4-7-2-3-9(11)10(12)8(7)5-13-6/h2-3,6,13H,4-5H2,1H3. The van der Waals surface area contributed by atoms with Gasteiger partial charge in [0.25, 0.3) is 0 Å². The molecule has 0 saturated carbocycles. The van der Waals surface area contributed by atoms with Gasteiger partial charge in [-0.15, -0.1) is 0 Å². The molecule has 13 heavy (non-hydrogen) atoms. The van der Waals surface area contributed by atoms with E-state index >= 15 is 0 Å². The number of nitrogens with one attached hydrogen (secondary N) is 1. The summed E-state index contributed by atoms with van der Waals surface area (Å²) in [7, 11) is 0. The van der Waals surface area contributed by atoms with E-state index in [0.29, 0.717) is 12.6 Å². The second-order valence-electron chi connectivity index (χ2n) is 3.49. The minimum atomic E-state index is -0.265. The number of fused-ring (bicyclic) bond motifs is 1. The Morgan fingerprint density at radius 2 is 2.31 bits per heavy atom. The average Bonchev–Trinajstić information content (AvgIpc) is 2.12. The fourth-order valence-electron chi connectivity index (χ4n) is 1.69. The molecule has 70 valence electrons. The quantitative estimate of drug-likeness (QED) is 0.677. The molecule has 0 fully saturated rings. The zero-order chi connectivity index (χ0) is 9.42. The van der Waals surface area contributed by atoms with Crippen LogP contribution in [0.4, 0.5) is 4.39 Å². The molecule has 1 unspecified atom stereocenters. The molecule has 1 aliphatic rings. The highest BCUT2D eigenvalue weighted by molar-refractivity contribution is 6.30. The van der Waals surface area contributed by atoms with Gasteiger partial charge in [-0.3, -0.25) is 0 Å². The van der Waals surface area contributed by atoms with Crippen molar-refractivity contribution in [1.82, 2.24) is 5.32 Å². The molecule has 1 N–H and O–H groups in total. The fourth-order valence-corrected chi connectivity index (χ4v) is 1.87. The second-order valence-corrected chi connectivity index (χ2v) is 3.89. The van der Waals surface area contributed by atoms with Gasteiger partial charge in [-0.05, 0) is 25.0 Å². The largest absolute Gasteiger partial charge is 0.310 e. The third-order valence-electron chi connectivity index (χ3n) is 2.45. The van der Waals surface area contributed by atoms with Gasteiger partial charge in [-0.2, -0.15) is 0 Å². The Labute approximate surface area is 81.9 Å². The van der Waals surface area contributed by atoms with E-state index in [0.717, 1.165) is 17.5 Å². The van der Waals surface area contributed by atoms with Gasteiger partial charge in [0.1, 0.15) is 5.82 Å². The lowest BCUT2D eigenvalue weighted by atomic mass is 9.96. The van der Waals surface area contributed by atoms with Crippen LogP contribution in [0.2, 0.25) is 5.02 Å². The Bertz CT molecular complexity index is 338. The van der Waals surface area contributed by atoms with E-state index in [1.54, 1.807) is 6.07 Å². The van der Waals surface area contributed by atoms with Gasteiger partial charge < -0.3 is 5.32 Å². The molecule has 0 aromatic heterocycles. The summed E-state index contributed by atoms with van der Waals surface area (Å²) in [5.74, 6) is -0.265. The van der Waals surface area contributed by atoms with Crippen LogP contribution in [0.5, 0.6) is 0 Å². The molecule has 0 spiro atoms. The molecule has 1 aliphatic heterocycles. The summed E-state index contributed by atoms with van der Waals surface area (Å²) in [5, 5.41) is 3.43. The summed E-state index contributed by atoms with van der Waals surface area (Å²) in [6.45, 7) is 2.68. The number of benzene rings is 1. The van der Waals surface area contributed by atoms with Crippen LogP contribution in [0.15, 0.2) is 12.1 Å². The number of rotatable bonds is 0. The van der Waals surface area contributed by atoms with Crippen LogP contribution in [0, 0.1) is 5.82 Å². The summed E-state index contributed by atoms with van der Waals surface area (Å²) in [6, 6.07) is 3.97. The maximum absolute atomic E-state index is 13.4. The highest BCUT2D eigenvalue weighted by Gasteiger charge is 2.18. The van der Waals surface area contributed by atoms with Crippen molar-refractivity contribution in [2.45, 2.75) is 25.9 Å². The Balaban J connectivity index is 2.47. The van der Waals surface area contributed by atoms with Gasteiger partial charge in [0.05, 0.1) is 5.02 Å². The van der Waals surface area contributed by atoms with Crippen molar-refractivity contribution in [3.63, 3.8) is 0 Å². The summed E-state index contributed by atoms with van der Waals surface area (Å²) in [4.78, 5) is 0. The first kappa shape index (κ1) is 8.97. The molecule has 1 nitrogen and oxygen atoms in total. The van der Waals surface area contributed by atoms with Crippen LogP contribution in [-0.2, 0) is 13.0 Å². The van der Waals surface area contributed by atoms with Crippen LogP contribution in [0.25, 0.3) is 0 Å². The highest BCUT2D eigenvalue weighted by Crippen LogP contribution is 2.25. The summed E-state index contributed by atoms with van der Waals surface area (Å²) in [6.07, 6.45) is 0.878. The van der Waals surface area contributed by atoms with Gasteiger partial charge in [0.15, 0.2) is 0 Å². The van der Waals surface area contributed by atoms with Crippen LogP contribution in [0.1, 0.15) is 18.1 Å². The van der Waals surface area contributed by atoms with Crippen molar-refractivity contribution in [2.75, 3.05) is 0 Å². The van der Waals surface area contributed by atoms with E-state index in [1.165, 1.54) is 0 Å². The van der Waals surface area contributed by atoms with E-state index in [9.17, 15) is 4.39 Å². The SMILES string of the molecule is CC1Cc2ccc(Cl)c(F)c2CN1. The maximum Gasteiger partial charge on any atom is 0.146 e. The Hall–Kier alpha value is -0.600. The van der Waals surface area contributed by atoms with Crippen LogP contribution < -0.4 is 5.32 Å². The normalized spacial score (nSPS) is 21.3. The monoisotopic (exact) mass is 199 g/mol. The predicted molar refractivity (Wildman–Crippen MR) is 51.4 cm³/mol. The number of hydrogen-bond acceptors (Lipinski definition) is 1. The molecule has 1 heterocycles. The molecule has 3 heteroatoms. The maximum atomic E-state index is 13.4. The number of hydrogen-bond donors (Lipinski definition) is 1. The lowest BCUT2D eigenvalue weighted by Crippen LogP contribution is -2.33. The van der Waals surface area contributed by atoms with Crippen molar-refractivity contribution in [3.05, 3.63) is 34.1 Å². The van der Waals surface area contributed by atoms with Crippen molar-refractivity contribution in [1.29, 1.82) is 0 Å². The molecule has 1 aromatic rings. The first-order valence-electron chi connectivity index (χ1n) is 4.37. The first-order valence-corrected chi connectivity index (χ1v) is 4.75. The van der Waals surface area contributed by atoms with Gasteiger partial charge in [-0.1, -0.05) is 17.7 Å². The van der Waals surface area contributed by atoms with E-state index in [4.69, 9.17) is 11.6 Å². The van der Waals surface area contributed by atoms with E-state index in [-0.39, 0.29) is 10.8 Å². The van der Waals surface area contributed by atoms with Gasteiger partial charge in [-0.25, -0.2) is 4.39 Å². The molecule has 0 amide bonds. The Morgan fingerprint density at radius 3 is 3.08 bits per heavy atom. The molecular weight excluding hydrogens is 189 g/mol. The first-order chi connectivity index (χ1) is 6.18. The van der Waals surface area contributed by atoms with Crippen molar-refractivity contribution < 1.29 is 4.39 Å². The average molecular weight is 200 g/mol. The lowest BCUT2D eigenvalue weighted by molar-refractivity contribution is 0.489. The van der Waals surface area contributed by atoms with Gasteiger partial charge >= 0.3 is 0 Å². The van der Waals surface area contributed by atoms with Crippen LogP contribution >= 0.6 is 11.6 Å². The second kappa shape index (κ2) is 3.28. The molecule has 0 radical (unpaired) electrons. The molecule has 1 aromatic carbocycles. The lowest BCUT2D eigenvalue weighted by Gasteiger charge is -2.23.